The van der Waals surface area contributed by atoms with E-state index in [0.717, 1.165) is 11.3 Å². The number of ether oxygens (including phenoxy) is 1. The first-order valence-electron chi connectivity index (χ1n) is 7.00. The van der Waals surface area contributed by atoms with Gasteiger partial charge in [0.05, 0.1) is 0 Å². The highest BCUT2D eigenvalue weighted by Gasteiger charge is 2.12. The summed E-state index contributed by atoms with van der Waals surface area (Å²) in [5.41, 5.74) is 8.19. The van der Waals surface area contributed by atoms with Crippen LogP contribution in [0.5, 0.6) is 11.6 Å². The van der Waals surface area contributed by atoms with E-state index in [1.165, 1.54) is 6.33 Å². The molecule has 6 heteroatoms. The van der Waals surface area contributed by atoms with Gasteiger partial charge < -0.3 is 15.8 Å². The van der Waals surface area contributed by atoms with Crippen molar-refractivity contribution in [2.45, 2.75) is 6.92 Å². The Morgan fingerprint density at radius 2 is 1.83 bits per heavy atom. The van der Waals surface area contributed by atoms with Gasteiger partial charge in [-0.05, 0) is 36.8 Å². The number of benzene rings is 2. The zero-order chi connectivity index (χ0) is 16.2. The second-order valence-corrected chi connectivity index (χ2v) is 5.30. The Balaban J connectivity index is 1.89. The van der Waals surface area contributed by atoms with Crippen LogP contribution in [0.2, 0.25) is 5.02 Å². The van der Waals surface area contributed by atoms with Crippen LogP contribution in [0.25, 0.3) is 0 Å². The molecule has 0 saturated heterocycles. The minimum Gasteiger partial charge on any atom is -0.437 e. The number of rotatable bonds is 4. The summed E-state index contributed by atoms with van der Waals surface area (Å²) >= 11 is 6.13. The topological polar surface area (TPSA) is 73.1 Å². The van der Waals surface area contributed by atoms with Crippen molar-refractivity contribution in [1.29, 1.82) is 0 Å². The fraction of sp³-hybridized carbons (Fsp3) is 0.0588. The molecular weight excluding hydrogens is 312 g/mol. The van der Waals surface area contributed by atoms with Crippen LogP contribution in [0.3, 0.4) is 0 Å². The molecule has 1 aromatic heterocycles. The number of hydrogen-bond donors (Lipinski definition) is 2. The molecule has 116 valence electrons. The Morgan fingerprint density at radius 1 is 1.04 bits per heavy atom. The maximum atomic E-state index is 6.13. The second kappa shape index (κ2) is 6.54. The summed E-state index contributed by atoms with van der Waals surface area (Å²) in [6.45, 7) is 1.92. The van der Waals surface area contributed by atoms with Gasteiger partial charge in [0.15, 0.2) is 5.82 Å². The third kappa shape index (κ3) is 3.35. The molecule has 0 aliphatic heterocycles. The van der Waals surface area contributed by atoms with Gasteiger partial charge in [-0.25, -0.2) is 4.98 Å². The predicted molar refractivity (Wildman–Crippen MR) is 92.4 cm³/mol. The first-order chi connectivity index (χ1) is 11.1. The number of hydrogen-bond acceptors (Lipinski definition) is 5. The zero-order valence-corrected chi connectivity index (χ0v) is 13.2. The summed E-state index contributed by atoms with van der Waals surface area (Å²) in [7, 11) is 0. The van der Waals surface area contributed by atoms with Crippen LogP contribution in [0, 0.1) is 6.92 Å². The minimum absolute atomic E-state index is 0.299. The number of nitrogen functional groups attached to an aromatic ring is 1. The average molecular weight is 327 g/mol. The van der Waals surface area contributed by atoms with Gasteiger partial charge >= 0.3 is 0 Å². The van der Waals surface area contributed by atoms with E-state index in [1.807, 2.05) is 55.5 Å². The van der Waals surface area contributed by atoms with Crippen LogP contribution >= 0.6 is 11.6 Å². The summed E-state index contributed by atoms with van der Waals surface area (Å²) in [5, 5.41) is 3.84. The number of halogens is 1. The van der Waals surface area contributed by atoms with E-state index in [4.69, 9.17) is 22.1 Å². The van der Waals surface area contributed by atoms with Gasteiger partial charge in [0.25, 0.3) is 0 Å². The van der Waals surface area contributed by atoms with Crippen molar-refractivity contribution in [1.82, 2.24) is 9.97 Å². The molecule has 3 aromatic rings. The quantitative estimate of drug-likeness (QED) is 0.735. The number of aromatic nitrogens is 2. The van der Waals surface area contributed by atoms with E-state index < -0.39 is 0 Å². The van der Waals surface area contributed by atoms with Crippen molar-refractivity contribution in [3.05, 3.63) is 65.4 Å². The molecule has 23 heavy (non-hydrogen) atoms. The van der Waals surface area contributed by atoms with Crippen molar-refractivity contribution >= 4 is 28.8 Å². The first-order valence-corrected chi connectivity index (χ1v) is 7.38. The highest BCUT2D eigenvalue weighted by molar-refractivity contribution is 6.31. The Morgan fingerprint density at radius 3 is 2.61 bits per heavy atom. The molecule has 0 aliphatic carbocycles. The fourth-order valence-corrected chi connectivity index (χ4v) is 2.21. The number of nitrogens with two attached hydrogens (primary N) is 1. The summed E-state index contributed by atoms with van der Waals surface area (Å²) < 4.78 is 5.70. The van der Waals surface area contributed by atoms with Gasteiger partial charge in [-0.15, -0.1) is 0 Å². The lowest BCUT2D eigenvalue weighted by Crippen LogP contribution is -2.04. The van der Waals surface area contributed by atoms with E-state index in [0.29, 0.717) is 28.2 Å². The first kappa shape index (κ1) is 15.1. The molecule has 3 N–H and O–H groups in total. The van der Waals surface area contributed by atoms with Crippen molar-refractivity contribution in [2.24, 2.45) is 0 Å². The fourth-order valence-electron chi connectivity index (χ4n) is 2.03. The second-order valence-electron chi connectivity index (χ2n) is 4.89. The SMILES string of the molecule is Cc1c(Cl)cccc1Nc1ncnc(Oc2ccccc2)c1N. The molecule has 3 rings (SSSR count). The lowest BCUT2D eigenvalue weighted by atomic mass is 10.2. The van der Waals surface area contributed by atoms with E-state index >= 15 is 0 Å². The Bertz CT molecular complexity index is 824. The molecule has 0 atom stereocenters. The third-order valence-corrected chi connectivity index (χ3v) is 3.74. The monoisotopic (exact) mass is 326 g/mol. The van der Waals surface area contributed by atoms with E-state index in [1.54, 1.807) is 0 Å². The van der Waals surface area contributed by atoms with Gasteiger partial charge in [-0.2, -0.15) is 4.98 Å². The van der Waals surface area contributed by atoms with Gasteiger partial charge in [0.1, 0.15) is 17.8 Å². The molecule has 0 radical (unpaired) electrons. The lowest BCUT2D eigenvalue weighted by Gasteiger charge is -2.13. The molecule has 0 fully saturated rings. The molecule has 5 nitrogen and oxygen atoms in total. The van der Waals surface area contributed by atoms with Crippen LogP contribution in [-0.2, 0) is 0 Å². The molecule has 0 unspecified atom stereocenters. The maximum Gasteiger partial charge on any atom is 0.248 e. The summed E-state index contributed by atoms with van der Waals surface area (Å²) in [6.07, 6.45) is 1.40. The van der Waals surface area contributed by atoms with E-state index in [2.05, 4.69) is 15.3 Å². The molecule has 0 aliphatic rings. The van der Waals surface area contributed by atoms with Gasteiger partial charge in [-0.3, -0.25) is 0 Å². The molecule has 0 bridgehead atoms. The van der Waals surface area contributed by atoms with Crippen LogP contribution in [0.4, 0.5) is 17.2 Å². The van der Waals surface area contributed by atoms with Crippen LogP contribution < -0.4 is 15.8 Å². The summed E-state index contributed by atoms with van der Waals surface area (Å²) in [4.78, 5) is 8.27. The van der Waals surface area contributed by atoms with Gasteiger partial charge in [0.2, 0.25) is 5.88 Å². The molecule has 1 heterocycles. The molecule has 0 amide bonds. The van der Waals surface area contributed by atoms with Crippen LogP contribution in [0.1, 0.15) is 5.56 Å². The standard InChI is InChI=1S/C17H15ClN4O/c1-11-13(18)8-5-9-14(11)22-16-15(19)17(21-10-20-16)23-12-6-3-2-4-7-12/h2-10H,19H2,1H3,(H,20,21,22). The summed E-state index contributed by atoms with van der Waals surface area (Å²) in [6, 6.07) is 14.9. The van der Waals surface area contributed by atoms with Crippen LogP contribution in [-0.4, -0.2) is 9.97 Å². The average Bonchev–Trinajstić information content (AvgIpc) is 2.56. The van der Waals surface area contributed by atoms with E-state index in [-0.39, 0.29) is 0 Å². The van der Waals surface area contributed by atoms with Gasteiger partial charge in [0, 0.05) is 10.7 Å². The molecule has 0 saturated carbocycles. The highest BCUT2D eigenvalue weighted by atomic mass is 35.5. The number of para-hydroxylation sites is 1. The lowest BCUT2D eigenvalue weighted by molar-refractivity contribution is 0.464. The highest BCUT2D eigenvalue weighted by Crippen LogP contribution is 2.32. The normalized spacial score (nSPS) is 10.3. The Kier molecular flexibility index (Phi) is 4.30. The number of nitrogens with one attached hydrogen (secondary N) is 1. The Labute approximate surface area is 139 Å². The van der Waals surface area contributed by atoms with Crippen molar-refractivity contribution in [2.75, 3.05) is 11.1 Å². The maximum absolute atomic E-state index is 6.13. The molecule has 2 aromatic carbocycles. The largest absolute Gasteiger partial charge is 0.437 e. The molecule has 0 spiro atoms. The minimum atomic E-state index is 0.299. The van der Waals surface area contributed by atoms with E-state index in [9.17, 15) is 0 Å². The van der Waals surface area contributed by atoms with Crippen molar-refractivity contribution < 1.29 is 4.74 Å². The third-order valence-electron chi connectivity index (χ3n) is 3.33. The van der Waals surface area contributed by atoms with Crippen molar-refractivity contribution in [3.8, 4) is 11.6 Å². The molecular formula is C17H15ClN4O. The van der Waals surface area contributed by atoms with Crippen molar-refractivity contribution in [3.63, 3.8) is 0 Å². The smallest absolute Gasteiger partial charge is 0.248 e. The van der Waals surface area contributed by atoms with Crippen LogP contribution in [0.15, 0.2) is 54.9 Å². The summed E-state index contributed by atoms with van der Waals surface area (Å²) in [5.74, 6) is 1.42. The zero-order valence-electron chi connectivity index (χ0n) is 12.5. The number of nitrogens with zero attached hydrogens (tertiary/aromatic N) is 2. The number of anilines is 3. The Hall–Kier alpha value is -2.79. The van der Waals surface area contributed by atoms with Gasteiger partial charge in [-0.1, -0.05) is 35.9 Å². The predicted octanol–water partition coefficient (Wildman–Crippen LogP) is 4.56.